The van der Waals surface area contributed by atoms with E-state index in [9.17, 15) is 5.11 Å². The van der Waals surface area contributed by atoms with Crippen LogP contribution in [0.5, 0.6) is 0 Å². The number of benzene rings is 1. The third kappa shape index (κ3) is 2.86. The Morgan fingerprint density at radius 3 is 2.66 bits per heavy atom. The van der Waals surface area contributed by atoms with Crippen LogP contribution in [0.15, 0.2) is 54.2 Å². The van der Waals surface area contributed by atoms with E-state index in [0.29, 0.717) is 12.8 Å². The zero-order valence-corrected chi connectivity index (χ0v) is 17.3. The second-order valence-corrected chi connectivity index (χ2v) is 8.61. The third-order valence-corrected chi connectivity index (χ3v) is 7.24. The van der Waals surface area contributed by atoms with Crippen LogP contribution in [0.4, 0.5) is 5.69 Å². The van der Waals surface area contributed by atoms with E-state index in [4.69, 9.17) is 0 Å². The van der Waals surface area contributed by atoms with E-state index in [2.05, 4.69) is 56.2 Å². The van der Waals surface area contributed by atoms with Crippen molar-refractivity contribution < 1.29 is 5.11 Å². The fourth-order valence-corrected chi connectivity index (χ4v) is 5.35. The highest BCUT2D eigenvalue weighted by molar-refractivity contribution is 7.17. The Morgan fingerprint density at radius 2 is 1.90 bits per heavy atom. The van der Waals surface area contributed by atoms with Gasteiger partial charge in [0.2, 0.25) is 0 Å². The number of hydrogen-bond acceptors (Lipinski definition) is 5. The molecule has 0 amide bonds. The van der Waals surface area contributed by atoms with Crippen LogP contribution >= 0.6 is 11.3 Å². The van der Waals surface area contributed by atoms with Gasteiger partial charge in [-0.3, -0.25) is 10.1 Å². The van der Waals surface area contributed by atoms with Gasteiger partial charge in [-0.1, -0.05) is 26.0 Å². The lowest BCUT2D eigenvalue weighted by molar-refractivity contribution is 0.0284. The highest BCUT2D eigenvalue weighted by Gasteiger charge is 2.38. The van der Waals surface area contributed by atoms with Gasteiger partial charge in [-0.05, 0) is 59.2 Å². The molecule has 0 aliphatic carbocycles. The quantitative estimate of drug-likeness (QED) is 0.420. The van der Waals surface area contributed by atoms with Gasteiger partial charge in [0.15, 0.2) is 0 Å². The fourth-order valence-electron chi connectivity index (χ4n) is 4.49. The smallest absolute Gasteiger partial charge is 0.103 e. The summed E-state index contributed by atoms with van der Waals surface area (Å²) in [4.78, 5) is 4.20. The molecule has 5 nitrogen and oxygen atoms in total. The predicted molar refractivity (Wildman–Crippen MR) is 117 cm³/mol. The van der Waals surface area contributed by atoms with Crippen LogP contribution in [-0.2, 0) is 5.60 Å². The Morgan fingerprint density at radius 1 is 1.10 bits per heavy atom. The Bertz CT molecular complexity index is 1150. The summed E-state index contributed by atoms with van der Waals surface area (Å²) in [5.74, 6) is 0.143. The average molecular weight is 405 g/mol. The van der Waals surface area contributed by atoms with E-state index >= 15 is 0 Å². The van der Waals surface area contributed by atoms with E-state index in [0.717, 1.165) is 22.5 Å². The summed E-state index contributed by atoms with van der Waals surface area (Å²) < 4.78 is 1.19. The third-order valence-electron chi connectivity index (χ3n) is 6.30. The molecule has 148 valence electrons. The van der Waals surface area contributed by atoms with Crippen LogP contribution in [0.25, 0.3) is 10.2 Å². The topological polar surface area (TPSA) is 73.8 Å². The minimum Gasteiger partial charge on any atom is -0.385 e. The summed E-state index contributed by atoms with van der Waals surface area (Å²) in [5.41, 5.74) is 5.81. The number of aromatic nitrogens is 3. The lowest BCUT2D eigenvalue weighted by Gasteiger charge is -2.26. The molecule has 3 aromatic heterocycles. The molecule has 3 N–H and O–H groups in total. The maximum atomic E-state index is 11.0. The van der Waals surface area contributed by atoms with Crippen molar-refractivity contribution in [3.8, 4) is 0 Å². The summed E-state index contributed by atoms with van der Waals surface area (Å²) >= 11 is 1.71. The van der Waals surface area contributed by atoms with E-state index < -0.39 is 5.60 Å². The minimum absolute atomic E-state index is 0.0441. The number of fused-ring (bicyclic) bond motifs is 2. The predicted octanol–water partition coefficient (Wildman–Crippen LogP) is 5.33. The van der Waals surface area contributed by atoms with Crippen molar-refractivity contribution in [3.63, 3.8) is 0 Å². The molecule has 0 spiro atoms. The van der Waals surface area contributed by atoms with Gasteiger partial charge in [-0.25, -0.2) is 0 Å². The second-order valence-electron chi connectivity index (χ2n) is 7.69. The molecule has 0 saturated heterocycles. The van der Waals surface area contributed by atoms with Crippen LogP contribution in [-0.4, -0.2) is 20.3 Å². The molecule has 2 atom stereocenters. The van der Waals surface area contributed by atoms with Crippen LogP contribution < -0.4 is 5.32 Å². The largest absolute Gasteiger partial charge is 0.385 e. The summed E-state index contributed by atoms with van der Waals surface area (Å²) in [5, 5.41) is 24.6. The minimum atomic E-state index is -0.796. The van der Waals surface area contributed by atoms with E-state index in [-0.39, 0.29) is 12.0 Å². The number of thiophene rings is 1. The van der Waals surface area contributed by atoms with Crippen LogP contribution in [0.3, 0.4) is 0 Å². The first-order chi connectivity index (χ1) is 14.1. The SMILES string of the molecule is CCC(O)(CC)c1ccc2c(c1)NC(c1[nH]nc3ccsc13)C2c1ccncc1. The standard InChI is InChI=1S/C23H24N4OS/c1-3-23(28,4-2)15-5-6-16-18(13-15)25-20(19(16)14-7-10-24-11-8-14)21-22-17(26-27-21)9-12-29-22/h5-13,19-20,25,28H,3-4H2,1-2H3,(H,26,27). The number of aliphatic hydroxyl groups is 1. The van der Waals surface area contributed by atoms with Gasteiger partial charge in [0.25, 0.3) is 0 Å². The normalized spacial score (nSPS) is 18.7. The first kappa shape index (κ1) is 18.3. The van der Waals surface area contributed by atoms with Crippen LogP contribution in [0.1, 0.15) is 61.0 Å². The molecule has 0 radical (unpaired) electrons. The molecule has 29 heavy (non-hydrogen) atoms. The van der Waals surface area contributed by atoms with Crippen molar-refractivity contribution in [2.45, 2.75) is 44.2 Å². The molecule has 4 aromatic rings. The van der Waals surface area contributed by atoms with Crippen molar-refractivity contribution in [1.29, 1.82) is 0 Å². The number of H-pyrrole nitrogens is 1. The summed E-state index contributed by atoms with van der Waals surface area (Å²) in [7, 11) is 0. The summed E-state index contributed by atoms with van der Waals surface area (Å²) in [6.07, 6.45) is 5.07. The maximum absolute atomic E-state index is 11.0. The molecule has 0 fully saturated rings. The Kier molecular flexibility index (Phi) is 4.41. The molecule has 5 rings (SSSR count). The van der Waals surface area contributed by atoms with Gasteiger partial charge in [-0.15, -0.1) is 11.3 Å². The second kappa shape index (κ2) is 6.97. The highest BCUT2D eigenvalue weighted by Crippen LogP contribution is 2.50. The van der Waals surface area contributed by atoms with Crippen LogP contribution in [0.2, 0.25) is 0 Å². The van der Waals surface area contributed by atoms with Crippen molar-refractivity contribution >= 4 is 27.2 Å². The number of aromatic amines is 1. The molecule has 0 bridgehead atoms. The Hall–Kier alpha value is -2.70. The molecule has 6 heteroatoms. The van der Waals surface area contributed by atoms with E-state index in [1.807, 2.05) is 32.3 Å². The van der Waals surface area contributed by atoms with Gasteiger partial charge < -0.3 is 10.4 Å². The Balaban J connectivity index is 1.65. The lowest BCUT2D eigenvalue weighted by Crippen LogP contribution is -2.23. The molecular formula is C23H24N4OS. The summed E-state index contributed by atoms with van der Waals surface area (Å²) in [6, 6.07) is 12.6. The van der Waals surface area contributed by atoms with Gasteiger partial charge in [0.1, 0.15) is 5.52 Å². The molecule has 1 aromatic carbocycles. The van der Waals surface area contributed by atoms with Gasteiger partial charge in [0, 0.05) is 24.0 Å². The number of hydrogen-bond donors (Lipinski definition) is 3. The highest BCUT2D eigenvalue weighted by atomic mass is 32.1. The number of rotatable bonds is 5. The van der Waals surface area contributed by atoms with Gasteiger partial charge in [-0.2, -0.15) is 5.10 Å². The van der Waals surface area contributed by atoms with Crippen molar-refractivity contribution in [3.05, 3.63) is 76.6 Å². The fraction of sp³-hybridized carbons (Fsp3) is 0.304. The average Bonchev–Trinajstić information content (AvgIpc) is 3.47. The first-order valence-electron chi connectivity index (χ1n) is 10.1. The van der Waals surface area contributed by atoms with Crippen LogP contribution in [0, 0.1) is 0 Å². The molecule has 1 aliphatic rings. The van der Waals surface area contributed by atoms with E-state index in [1.165, 1.54) is 15.8 Å². The zero-order chi connectivity index (χ0) is 20.0. The molecule has 4 heterocycles. The number of pyridine rings is 1. The Labute approximate surface area is 173 Å². The van der Waals surface area contributed by atoms with Gasteiger partial charge in [0.05, 0.1) is 22.0 Å². The molecular weight excluding hydrogens is 380 g/mol. The monoisotopic (exact) mass is 404 g/mol. The van der Waals surface area contributed by atoms with E-state index in [1.54, 1.807) is 11.3 Å². The molecule has 1 aliphatic heterocycles. The zero-order valence-electron chi connectivity index (χ0n) is 16.5. The van der Waals surface area contributed by atoms with Crippen molar-refractivity contribution in [2.75, 3.05) is 5.32 Å². The lowest BCUT2D eigenvalue weighted by atomic mass is 9.84. The number of anilines is 1. The van der Waals surface area contributed by atoms with Crippen molar-refractivity contribution in [1.82, 2.24) is 15.2 Å². The number of nitrogens with one attached hydrogen (secondary N) is 2. The first-order valence-corrected chi connectivity index (χ1v) is 11.0. The summed E-state index contributed by atoms with van der Waals surface area (Å²) in [6.45, 7) is 4.07. The van der Waals surface area contributed by atoms with Gasteiger partial charge >= 0.3 is 0 Å². The number of nitrogens with zero attached hydrogens (tertiary/aromatic N) is 2. The molecule has 2 unspecified atom stereocenters. The van der Waals surface area contributed by atoms with Crippen molar-refractivity contribution in [2.24, 2.45) is 0 Å². The maximum Gasteiger partial charge on any atom is 0.103 e. The molecule has 0 saturated carbocycles.